The van der Waals surface area contributed by atoms with E-state index in [-0.39, 0.29) is 11.1 Å². The second-order valence-electron chi connectivity index (χ2n) is 4.60. The van der Waals surface area contributed by atoms with E-state index in [0.717, 1.165) is 0 Å². The van der Waals surface area contributed by atoms with Crippen LogP contribution in [0.25, 0.3) is 11.0 Å². The number of hydrogen-bond donors (Lipinski definition) is 0. The second-order valence-corrected chi connectivity index (χ2v) is 4.98. The zero-order valence-corrected chi connectivity index (χ0v) is 12.1. The molecule has 0 aliphatic heterocycles. The molecule has 0 aliphatic carbocycles. The minimum Gasteiger partial charge on any atom is -0.293 e. The Bertz CT molecular complexity index is 599. The van der Waals surface area contributed by atoms with E-state index in [4.69, 9.17) is 11.6 Å². The van der Waals surface area contributed by atoms with Crippen LogP contribution in [-0.4, -0.2) is 14.5 Å². The Morgan fingerprint density at radius 2 is 1.83 bits per heavy atom. The molecule has 0 bridgehead atoms. The first-order chi connectivity index (χ1) is 8.39. The summed E-state index contributed by atoms with van der Waals surface area (Å²) in [4.78, 5) is 20.3. The van der Waals surface area contributed by atoms with Gasteiger partial charge >= 0.3 is 0 Å². The van der Waals surface area contributed by atoms with Crippen LogP contribution in [0.4, 0.5) is 0 Å². The van der Waals surface area contributed by atoms with Crippen molar-refractivity contribution in [3.8, 4) is 0 Å². The van der Waals surface area contributed by atoms with Gasteiger partial charge in [-0.3, -0.25) is 9.36 Å². The Labute approximate surface area is 112 Å². The number of halogens is 1. The monoisotopic (exact) mass is 267 g/mol. The summed E-state index contributed by atoms with van der Waals surface area (Å²) >= 11 is 5.74. The first kappa shape index (κ1) is 14.6. The smallest absolute Gasteiger partial charge is 0.263 e. The van der Waals surface area contributed by atoms with Gasteiger partial charge < -0.3 is 0 Å². The quantitative estimate of drug-likeness (QED) is 0.689. The van der Waals surface area contributed by atoms with Gasteiger partial charge in [-0.05, 0) is 32.9 Å². The van der Waals surface area contributed by atoms with Gasteiger partial charge in [0.15, 0.2) is 5.65 Å². The first-order valence-electron chi connectivity index (χ1n) is 5.94. The highest BCUT2D eigenvalue weighted by molar-refractivity contribution is 6.29. The molecule has 2 heterocycles. The molecule has 0 saturated carbocycles. The van der Waals surface area contributed by atoms with E-state index < -0.39 is 0 Å². The Hall–Kier alpha value is -1.42. The minimum absolute atomic E-state index is 0.0957. The number of hydrogen-bond acceptors (Lipinski definition) is 3. The molecule has 18 heavy (non-hydrogen) atoms. The predicted octanol–water partition coefficient (Wildman–Crippen LogP) is 3.23. The lowest BCUT2D eigenvalue weighted by Gasteiger charge is -2.21. The lowest BCUT2D eigenvalue weighted by molar-refractivity contribution is 0.381. The van der Waals surface area contributed by atoms with Gasteiger partial charge in [-0.2, -0.15) is 0 Å². The molecule has 0 fully saturated rings. The molecule has 0 aromatic carbocycles. The molecule has 4 nitrogen and oxygen atoms in total. The molecule has 2 aromatic heterocycles. The third-order valence-electron chi connectivity index (χ3n) is 2.31. The summed E-state index contributed by atoms with van der Waals surface area (Å²) in [5.41, 5.74) is -0.00238. The Kier molecular flexibility index (Phi) is 4.46. The van der Waals surface area contributed by atoms with Crippen LogP contribution in [0.15, 0.2) is 23.3 Å². The van der Waals surface area contributed by atoms with E-state index in [2.05, 4.69) is 9.97 Å². The summed E-state index contributed by atoms with van der Waals surface area (Å²) < 4.78 is 1.59. The van der Waals surface area contributed by atoms with Gasteiger partial charge in [0.25, 0.3) is 5.56 Å². The minimum atomic E-state index is -0.294. The first-order valence-corrected chi connectivity index (χ1v) is 6.32. The van der Waals surface area contributed by atoms with E-state index in [0.29, 0.717) is 16.2 Å². The topological polar surface area (TPSA) is 47.8 Å². The maximum absolute atomic E-state index is 12.1. The highest BCUT2D eigenvalue weighted by Crippen LogP contribution is 2.13. The largest absolute Gasteiger partial charge is 0.293 e. The number of pyridine rings is 1. The van der Waals surface area contributed by atoms with Crippen molar-refractivity contribution in [2.45, 2.75) is 40.2 Å². The van der Waals surface area contributed by atoms with Crippen LogP contribution in [0.1, 0.15) is 34.6 Å². The summed E-state index contributed by atoms with van der Waals surface area (Å²) in [6.45, 7) is 9.85. The maximum atomic E-state index is 12.1. The normalized spacial score (nSPS) is 11.0. The molecule has 0 radical (unpaired) electrons. The fraction of sp³-hybridized carbons (Fsp3) is 0.462. The van der Waals surface area contributed by atoms with Crippen LogP contribution in [0, 0.1) is 0 Å². The number of nitrogens with zero attached hydrogens (tertiary/aromatic N) is 3. The molecule has 0 amide bonds. The molecular formula is C13H18ClN3O. The van der Waals surface area contributed by atoms with Crippen LogP contribution >= 0.6 is 11.6 Å². The van der Waals surface area contributed by atoms with Gasteiger partial charge in [-0.25, -0.2) is 9.97 Å². The van der Waals surface area contributed by atoms with E-state index in [1.165, 1.54) is 6.33 Å². The van der Waals surface area contributed by atoms with Gasteiger partial charge in [0, 0.05) is 5.54 Å². The predicted molar refractivity (Wildman–Crippen MR) is 75.2 cm³/mol. The Balaban J connectivity index is 0.000000771. The number of fused-ring (bicyclic) bond motifs is 1. The Morgan fingerprint density at radius 1 is 1.22 bits per heavy atom. The SMILES string of the molecule is CC.CC(C)(C)n1cnc2nc(Cl)ccc2c1=O. The van der Waals surface area contributed by atoms with Gasteiger partial charge in [0.1, 0.15) is 11.5 Å². The molecule has 5 heteroatoms. The van der Waals surface area contributed by atoms with Crippen LogP contribution in [0.2, 0.25) is 5.15 Å². The molecule has 0 spiro atoms. The summed E-state index contributed by atoms with van der Waals surface area (Å²) in [5.74, 6) is 0. The van der Waals surface area contributed by atoms with Crippen molar-refractivity contribution in [1.82, 2.24) is 14.5 Å². The molecule has 0 aliphatic rings. The molecule has 0 atom stereocenters. The molecular weight excluding hydrogens is 250 g/mol. The highest BCUT2D eigenvalue weighted by atomic mass is 35.5. The average molecular weight is 268 g/mol. The fourth-order valence-electron chi connectivity index (χ4n) is 1.46. The van der Waals surface area contributed by atoms with Crippen molar-refractivity contribution >= 4 is 22.6 Å². The van der Waals surface area contributed by atoms with E-state index in [1.54, 1.807) is 16.7 Å². The lowest BCUT2D eigenvalue weighted by Crippen LogP contribution is -2.33. The zero-order chi connectivity index (χ0) is 13.9. The van der Waals surface area contributed by atoms with E-state index >= 15 is 0 Å². The summed E-state index contributed by atoms with van der Waals surface area (Å²) in [7, 11) is 0. The van der Waals surface area contributed by atoms with Crippen LogP contribution in [0.3, 0.4) is 0 Å². The third kappa shape index (κ3) is 2.88. The maximum Gasteiger partial charge on any atom is 0.263 e. The van der Waals surface area contributed by atoms with Crippen molar-refractivity contribution in [3.63, 3.8) is 0 Å². The second kappa shape index (κ2) is 5.48. The molecule has 0 unspecified atom stereocenters. The molecule has 98 valence electrons. The van der Waals surface area contributed by atoms with Crippen molar-refractivity contribution in [2.75, 3.05) is 0 Å². The molecule has 2 rings (SSSR count). The van der Waals surface area contributed by atoms with Crippen molar-refractivity contribution < 1.29 is 0 Å². The van der Waals surface area contributed by atoms with Gasteiger partial charge in [-0.15, -0.1) is 0 Å². The van der Waals surface area contributed by atoms with Crippen LogP contribution < -0.4 is 5.56 Å². The molecule has 2 aromatic rings. The summed E-state index contributed by atoms with van der Waals surface area (Å²) in [5, 5.41) is 0.828. The van der Waals surface area contributed by atoms with Crippen LogP contribution in [-0.2, 0) is 5.54 Å². The number of aromatic nitrogens is 3. The van der Waals surface area contributed by atoms with E-state index in [1.807, 2.05) is 34.6 Å². The lowest BCUT2D eigenvalue weighted by atomic mass is 10.1. The average Bonchev–Trinajstić information content (AvgIpc) is 2.30. The molecule has 0 saturated heterocycles. The van der Waals surface area contributed by atoms with Crippen molar-refractivity contribution in [1.29, 1.82) is 0 Å². The fourth-order valence-corrected chi connectivity index (χ4v) is 1.61. The third-order valence-corrected chi connectivity index (χ3v) is 2.52. The number of rotatable bonds is 0. The summed E-state index contributed by atoms with van der Waals surface area (Å²) in [6, 6.07) is 3.25. The van der Waals surface area contributed by atoms with Gasteiger partial charge in [0.2, 0.25) is 0 Å². The summed E-state index contributed by atoms with van der Waals surface area (Å²) in [6.07, 6.45) is 1.51. The van der Waals surface area contributed by atoms with Crippen molar-refractivity contribution in [3.05, 3.63) is 34.0 Å². The molecule has 0 N–H and O–H groups in total. The van der Waals surface area contributed by atoms with Gasteiger partial charge in [0.05, 0.1) is 5.39 Å². The van der Waals surface area contributed by atoms with Gasteiger partial charge in [-0.1, -0.05) is 25.4 Å². The Morgan fingerprint density at radius 3 is 2.39 bits per heavy atom. The highest BCUT2D eigenvalue weighted by Gasteiger charge is 2.16. The zero-order valence-electron chi connectivity index (χ0n) is 11.4. The van der Waals surface area contributed by atoms with Crippen LogP contribution in [0.5, 0.6) is 0 Å². The van der Waals surface area contributed by atoms with E-state index in [9.17, 15) is 4.79 Å². The van der Waals surface area contributed by atoms with Crippen molar-refractivity contribution in [2.24, 2.45) is 0 Å². The standard InChI is InChI=1S/C11H12ClN3O.C2H6/c1-11(2,3)15-6-13-9-7(10(15)16)4-5-8(12)14-9;1-2/h4-6H,1-3H3;1-2H3.